The number of imidazole rings is 1. The summed E-state index contributed by atoms with van der Waals surface area (Å²) < 4.78 is 26.4. The normalized spacial score (nSPS) is 11.0. The third kappa shape index (κ3) is 4.51. The summed E-state index contributed by atoms with van der Waals surface area (Å²) in [5.74, 6) is -0.602. The van der Waals surface area contributed by atoms with Gasteiger partial charge in [0.05, 0.1) is 19.5 Å². The molecular weight excluding hydrogens is 366 g/mol. The highest BCUT2D eigenvalue weighted by Gasteiger charge is 2.17. The Morgan fingerprint density at radius 2 is 1.93 bits per heavy atom. The van der Waals surface area contributed by atoms with E-state index in [1.165, 1.54) is 18.1 Å². The molecule has 0 aliphatic heterocycles. The van der Waals surface area contributed by atoms with Gasteiger partial charge in [0.2, 0.25) is 11.8 Å². The van der Waals surface area contributed by atoms with Gasteiger partial charge in [0.25, 0.3) is 0 Å². The third-order valence-corrected chi connectivity index (χ3v) is 4.43. The van der Waals surface area contributed by atoms with Crippen LogP contribution >= 0.6 is 0 Å². The maximum atomic E-state index is 12.8. The summed E-state index contributed by atoms with van der Waals surface area (Å²) in [5, 5.41) is 4.62. The molecule has 28 heavy (non-hydrogen) atoms. The van der Waals surface area contributed by atoms with Gasteiger partial charge in [0.15, 0.2) is 0 Å². The van der Waals surface area contributed by atoms with E-state index in [0.29, 0.717) is 4.57 Å². The van der Waals surface area contributed by atoms with Crippen LogP contribution in [0.4, 0.5) is 8.78 Å². The fourth-order valence-electron chi connectivity index (χ4n) is 2.94. The summed E-state index contributed by atoms with van der Waals surface area (Å²) in [4.78, 5) is 29.5. The Balaban J connectivity index is 1.55. The number of amides is 2. The fourth-order valence-corrected chi connectivity index (χ4v) is 2.94. The van der Waals surface area contributed by atoms with Crippen LogP contribution in [-0.4, -0.2) is 39.9 Å². The van der Waals surface area contributed by atoms with Gasteiger partial charge in [-0.25, -0.2) is 4.98 Å². The van der Waals surface area contributed by atoms with Gasteiger partial charge in [0.1, 0.15) is 5.82 Å². The number of fused-ring (bicyclic) bond motifs is 1. The molecule has 0 bridgehead atoms. The van der Waals surface area contributed by atoms with Crippen molar-refractivity contribution in [1.29, 1.82) is 0 Å². The molecule has 2 amide bonds. The maximum Gasteiger partial charge on any atom is 0.319 e. The molecule has 0 atom stereocenters. The Hall–Kier alpha value is -3.29. The van der Waals surface area contributed by atoms with Crippen molar-refractivity contribution < 1.29 is 18.4 Å². The number of halogens is 2. The minimum absolute atomic E-state index is 0.0740. The van der Waals surface area contributed by atoms with E-state index in [9.17, 15) is 18.4 Å². The molecule has 6 nitrogen and oxygen atoms in total. The Morgan fingerprint density at radius 1 is 1.18 bits per heavy atom. The molecule has 0 unspecified atom stereocenters. The predicted octanol–water partition coefficient (Wildman–Crippen LogP) is 2.75. The van der Waals surface area contributed by atoms with Gasteiger partial charge in [-0.2, -0.15) is 8.78 Å². The van der Waals surface area contributed by atoms with Gasteiger partial charge in [-0.15, -0.1) is 0 Å². The highest BCUT2D eigenvalue weighted by atomic mass is 19.3. The van der Waals surface area contributed by atoms with Crippen LogP contribution in [0.25, 0.3) is 10.8 Å². The highest BCUT2D eigenvalue weighted by molar-refractivity contribution is 5.91. The van der Waals surface area contributed by atoms with Crippen LogP contribution in [0.5, 0.6) is 0 Å². The summed E-state index contributed by atoms with van der Waals surface area (Å²) in [6.07, 6.45) is 2.56. The lowest BCUT2D eigenvalue weighted by atomic mass is 10.0. The first-order valence-corrected chi connectivity index (χ1v) is 8.73. The molecular formula is C20H20F2N4O2. The van der Waals surface area contributed by atoms with Crippen LogP contribution in [0.1, 0.15) is 17.9 Å². The molecule has 0 spiro atoms. The largest absolute Gasteiger partial charge is 0.347 e. The molecule has 0 fully saturated rings. The van der Waals surface area contributed by atoms with Gasteiger partial charge in [-0.3, -0.25) is 14.2 Å². The van der Waals surface area contributed by atoms with Crippen molar-refractivity contribution >= 4 is 22.6 Å². The number of hydrogen-bond acceptors (Lipinski definition) is 3. The second-order valence-electron chi connectivity index (χ2n) is 6.37. The number of likely N-dealkylation sites (N-methyl/N-ethyl adjacent to an activating group) is 1. The summed E-state index contributed by atoms with van der Waals surface area (Å²) in [6.45, 7) is -3.01. The van der Waals surface area contributed by atoms with Crippen molar-refractivity contribution in [1.82, 2.24) is 19.8 Å². The molecule has 3 aromatic rings. The fraction of sp³-hybridized carbons (Fsp3) is 0.250. The monoisotopic (exact) mass is 386 g/mol. The summed E-state index contributed by atoms with van der Waals surface area (Å²) in [5.41, 5.74) is 0.871. The second kappa shape index (κ2) is 8.60. The molecule has 1 heterocycles. The van der Waals surface area contributed by atoms with E-state index >= 15 is 0 Å². The first-order chi connectivity index (χ1) is 13.5. The van der Waals surface area contributed by atoms with Crippen LogP contribution in [0.2, 0.25) is 0 Å². The molecule has 8 heteroatoms. The van der Waals surface area contributed by atoms with E-state index in [1.807, 2.05) is 42.5 Å². The van der Waals surface area contributed by atoms with Gasteiger partial charge < -0.3 is 10.2 Å². The molecule has 146 valence electrons. The van der Waals surface area contributed by atoms with E-state index in [0.717, 1.165) is 22.5 Å². The number of nitrogens with one attached hydrogen (secondary N) is 1. The van der Waals surface area contributed by atoms with Crippen LogP contribution in [-0.2, 0) is 22.6 Å². The lowest BCUT2D eigenvalue weighted by Crippen LogP contribution is -2.38. The Labute approximate surface area is 160 Å². The van der Waals surface area contributed by atoms with E-state index < -0.39 is 12.5 Å². The van der Waals surface area contributed by atoms with Crippen molar-refractivity contribution in [2.24, 2.45) is 0 Å². The van der Waals surface area contributed by atoms with Gasteiger partial charge >= 0.3 is 6.55 Å². The lowest BCUT2D eigenvalue weighted by Gasteiger charge is -2.18. The zero-order valence-electron chi connectivity index (χ0n) is 15.3. The number of benzene rings is 2. The molecule has 0 saturated heterocycles. The number of aromatic nitrogens is 2. The van der Waals surface area contributed by atoms with Crippen LogP contribution in [0, 0.1) is 0 Å². The van der Waals surface area contributed by atoms with Gasteiger partial charge in [-0.05, 0) is 16.3 Å². The lowest BCUT2D eigenvalue weighted by molar-refractivity contribution is -0.132. The standard InChI is InChI=1S/C20H20F2N4O2/c1-25(13-17-23-9-10-26(17)20(21)22)19(28)12-24-18(27)11-15-7-4-6-14-5-2-3-8-16(14)15/h2-10,20H,11-13H2,1H3,(H,24,27). The quantitative estimate of drug-likeness (QED) is 0.679. The van der Waals surface area contributed by atoms with Crippen molar-refractivity contribution in [2.45, 2.75) is 19.5 Å². The molecule has 0 aliphatic rings. The van der Waals surface area contributed by atoms with Gasteiger partial charge in [0, 0.05) is 19.4 Å². The Bertz CT molecular complexity index is 982. The average Bonchev–Trinajstić information content (AvgIpc) is 3.15. The van der Waals surface area contributed by atoms with Crippen molar-refractivity contribution in [3.05, 3.63) is 66.2 Å². The van der Waals surface area contributed by atoms with Crippen molar-refractivity contribution in [3.63, 3.8) is 0 Å². The van der Waals surface area contributed by atoms with Gasteiger partial charge in [-0.1, -0.05) is 42.5 Å². The molecule has 0 radical (unpaired) electrons. The summed E-state index contributed by atoms with van der Waals surface area (Å²) in [7, 11) is 1.48. The zero-order valence-corrected chi connectivity index (χ0v) is 15.3. The molecule has 1 aromatic heterocycles. The SMILES string of the molecule is CN(Cc1nccn1C(F)F)C(=O)CNC(=O)Cc1cccc2ccccc12. The van der Waals surface area contributed by atoms with Crippen molar-refractivity contribution in [3.8, 4) is 0 Å². The van der Waals surface area contributed by atoms with E-state index in [2.05, 4.69) is 10.3 Å². The number of carbonyl (C=O) groups excluding carboxylic acids is 2. The minimum Gasteiger partial charge on any atom is -0.347 e. The topological polar surface area (TPSA) is 67.2 Å². The molecule has 2 aromatic carbocycles. The van der Waals surface area contributed by atoms with E-state index in [1.54, 1.807) is 0 Å². The number of alkyl halides is 2. The number of carbonyl (C=O) groups is 2. The molecule has 0 saturated carbocycles. The first kappa shape index (κ1) is 19.5. The smallest absolute Gasteiger partial charge is 0.319 e. The zero-order chi connectivity index (χ0) is 20.1. The van der Waals surface area contributed by atoms with E-state index in [-0.39, 0.29) is 31.2 Å². The molecule has 1 N–H and O–H groups in total. The van der Waals surface area contributed by atoms with Crippen LogP contribution < -0.4 is 5.32 Å². The average molecular weight is 386 g/mol. The number of nitrogens with zero attached hydrogens (tertiary/aromatic N) is 3. The second-order valence-corrected chi connectivity index (χ2v) is 6.37. The van der Waals surface area contributed by atoms with Crippen LogP contribution in [0.15, 0.2) is 54.9 Å². The Kier molecular flexibility index (Phi) is 5.98. The summed E-state index contributed by atoms with van der Waals surface area (Å²) in [6, 6.07) is 13.5. The Morgan fingerprint density at radius 3 is 2.71 bits per heavy atom. The van der Waals surface area contributed by atoms with Crippen LogP contribution in [0.3, 0.4) is 0 Å². The molecule has 3 rings (SSSR count). The van der Waals surface area contributed by atoms with Crippen molar-refractivity contribution in [2.75, 3.05) is 13.6 Å². The number of hydrogen-bond donors (Lipinski definition) is 1. The first-order valence-electron chi connectivity index (χ1n) is 8.73. The highest BCUT2D eigenvalue weighted by Crippen LogP contribution is 2.18. The van der Waals surface area contributed by atoms with E-state index in [4.69, 9.17) is 0 Å². The molecule has 0 aliphatic carbocycles. The summed E-state index contributed by atoms with van der Waals surface area (Å²) >= 11 is 0. The minimum atomic E-state index is -2.72. The maximum absolute atomic E-state index is 12.8. The third-order valence-electron chi connectivity index (χ3n) is 4.43. The predicted molar refractivity (Wildman–Crippen MR) is 101 cm³/mol. The number of rotatable bonds is 7.